The summed E-state index contributed by atoms with van der Waals surface area (Å²) in [7, 11) is 0. The number of ether oxygens (including phenoxy) is 1. The van der Waals surface area contributed by atoms with E-state index in [1.54, 1.807) is 12.1 Å². The third kappa shape index (κ3) is 5.51. The first-order valence-corrected chi connectivity index (χ1v) is 7.52. The quantitative estimate of drug-likeness (QED) is 0.762. The van der Waals surface area contributed by atoms with E-state index in [1.165, 1.54) is 11.1 Å². The van der Waals surface area contributed by atoms with Gasteiger partial charge >= 0.3 is 0 Å². The Balaban J connectivity index is 1.90. The molecule has 1 amide bonds. The van der Waals surface area contributed by atoms with E-state index < -0.39 is 0 Å². The van der Waals surface area contributed by atoms with E-state index in [2.05, 4.69) is 23.3 Å². The Bertz CT molecular complexity index is 675. The van der Waals surface area contributed by atoms with Gasteiger partial charge in [-0.3, -0.25) is 4.79 Å². The highest BCUT2D eigenvalue weighted by Gasteiger charge is 2.04. The molecule has 0 radical (unpaired) electrons. The Labute approximate surface area is 137 Å². The minimum absolute atomic E-state index is 0.106. The van der Waals surface area contributed by atoms with E-state index in [-0.39, 0.29) is 12.5 Å². The number of anilines is 2. The molecule has 2 N–H and O–H groups in total. The molecule has 4 nitrogen and oxygen atoms in total. The topological polar surface area (TPSA) is 50.4 Å². The zero-order valence-electron chi connectivity index (χ0n) is 13.6. The third-order valence-electron chi connectivity index (χ3n) is 3.16. The average Bonchev–Trinajstić information content (AvgIpc) is 2.50. The van der Waals surface area contributed by atoms with Gasteiger partial charge < -0.3 is 15.4 Å². The molecule has 0 unspecified atom stereocenters. The molecule has 23 heavy (non-hydrogen) atoms. The molecule has 0 aliphatic rings. The molecule has 0 saturated heterocycles. The summed E-state index contributed by atoms with van der Waals surface area (Å²) in [6.07, 6.45) is 1.68. The van der Waals surface area contributed by atoms with Crippen molar-refractivity contribution in [3.63, 3.8) is 0 Å². The van der Waals surface area contributed by atoms with Crippen LogP contribution in [0.25, 0.3) is 0 Å². The highest BCUT2D eigenvalue weighted by molar-refractivity contribution is 5.93. The van der Waals surface area contributed by atoms with Gasteiger partial charge in [-0.05, 0) is 49.2 Å². The Kier molecular flexibility index (Phi) is 5.80. The minimum Gasteiger partial charge on any atom is -0.489 e. The van der Waals surface area contributed by atoms with Gasteiger partial charge in [0.2, 0.25) is 5.91 Å². The van der Waals surface area contributed by atoms with Crippen LogP contribution in [0.1, 0.15) is 11.1 Å². The van der Waals surface area contributed by atoms with Crippen LogP contribution in [-0.2, 0) is 4.79 Å². The van der Waals surface area contributed by atoms with E-state index in [4.69, 9.17) is 4.74 Å². The van der Waals surface area contributed by atoms with Gasteiger partial charge in [-0.2, -0.15) is 0 Å². The van der Waals surface area contributed by atoms with E-state index in [9.17, 15) is 4.79 Å². The van der Waals surface area contributed by atoms with Crippen molar-refractivity contribution in [2.75, 3.05) is 23.8 Å². The van der Waals surface area contributed by atoms with Gasteiger partial charge in [-0.1, -0.05) is 24.8 Å². The first-order valence-electron chi connectivity index (χ1n) is 7.52. The predicted molar refractivity (Wildman–Crippen MR) is 95.2 cm³/mol. The van der Waals surface area contributed by atoms with E-state index in [0.717, 1.165) is 5.69 Å². The Morgan fingerprint density at radius 3 is 2.57 bits per heavy atom. The second-order valence-electron chi connectivity index (χ2n) is 5.41. The maximum absolute atomic E-state index is 12.1. The largest absolute Gasteiger partial charge is 0.489 e. The molecular formula is C19H22N2O2. The molecule has 120 valence electrons. The summed E-state index contributed by atoms with van der Waals surface area (Å²) in [6.45, 7) is 8.32. The van der Waals surface area contributed by atoms with Crippen LogP contribution in [0.5, 0.6) is 5.75 Å². The van der Waals surface area contributed by atoms with Gasteiger partial charge in [0.1, 0.15) is 12.4 Å². The zero-order valence-corrected chi connectivity index (χ0v) is 13.6. The fraction of sp³-hybridized carbons (Fsp3) is 0.211. The molecule has 0 spiro atoms. The van der Waals surface area contributed by atoms with Gasteiger partial charge in [0.05, 0.1) is 6.54 Å². The second kappa shape index (κ2) is 8.03. The molecule has 2 aromatic rings. The van der Waals surface area contributed by atoms with Crippen LogP contribution in [0.15, 0.2) is 55.1 Å². The molecule has 0 bridgehead atoms. The summed E-state index contributed by atoms with van der Waals surface area (Å²) in [5.74, 6) is 0.593. The summed E-state index contributed by atoms with van der Waals surface area (Å²) in [6, 6.07) is 13.4. The van der Waals surface area contributed by atoms with Gasteiger partial charge in [-0.25, -0.2) is 0 Å². The van der Waals surface area contributed by atoms with E-state index in [1.807, 2.05) is 44.2 Å². The molecule has 0 heterocycles. The Morgan fingerprint density at radius 1 is 1.13 bits per heavy atom. The molecule has 4 heteroatoms. The van der Waals surface area contributed by atoms with Crippen molar-refractivity contribution >= 4 is 17.3 Å². The molecule has 0 aliphatic carbocycles. The van der Waals surface area contributed by atoms with Crippen molar-refractivity contribution in [3.05, 3.63) is 66.2 Å². The van der Waals surface area contributed by atoms with E-state index >= 15 is 0 Å². The van der Waals surface area contributed by atoms with Crippen LogP contribution >= 0.6 is 0 Å². The fourth-order valence-corrected chi connectivity index (χ4v) is 2.28. The standard InChI is InChI=1S/C19H22N2O2/c1-4-8-23-18-7-5-6-16(12-18)21-19(22)13-20-17-10-14(2)9-15(3)11-17/h4-7,9-12,20H,1,8,13H2,2-3H3,(H,21,22). The van der Waals surface area contributed by atoms with Crippen molar-refractivity contribution < 1.29 is 9.53 Å². The van der Waals surface area contributed by atoms with Crippen LogP contribution in [0.4, 0.5) is 11.4 Å². The highest BCUT2D eigenvalue weighted by Crippen LogP contribution is 2.17. The third-order valence-corrected chi connectivity index (χ3v) is 3.16. The highest BCUT2D eigenvalue weighted by atomic mass is 16.5. The van der Waals surface area contributed by atoms with Crippen molar-refractivity contribution in [1.29, 1.82) is 0 Å². The number of amides is 1. The SMILES string of the molecule is C=CCOc1cccc(NC(=O)CNc2cc(C)cc(C)c2)c1. The summed E-state index contributed by atoms with van der Waals surface area (Å²) in [4.78, 5) is 12.1. The lowest BCUT2D eigenvalue weighted by Gasteiger charge is -2.10. The number of rotatable bonds is 7. The maximum Gasteiger partial charge on any atom is 0.243 e. The van der Waals surface area contributed by atoms with Gasteiger partial charge in [0.15, 0.2) is 0 Å². The Morgan fingerprint density at radius 2 is 1.87 bits per heavy atom. The molecule has 2 aromatic carbocycles. The smallest absolute Gasteiger partial charge is 0.243 e. The molecule has 0 fully saturated rings. The first-order chi connectivity index (χ1) is 11.1. The van der Waals surface area contributed by atoms with Crippen molar-refractivity contribution in [2.24, 2.45) is 0 Å². The van der Waals surface area contributed by atoms with Crippen LogP contribution in [-0.4, -0.2) is 19.1 Å². The van der Waals surface area contributed by atoms with Crippen LogP contribution in [0.3, 0.4) is 0 Å². The van der Waals surface area contributed by atoms with Crippen molar-refractivity contribution in [1.82, 2.24) is 0 Å². The normalized spacial score (nSPS) is 10.0. The van der Waals surface area contributed by atoms with Gasteiger partial charge in [0.25, 0.3) is 0 Å². The molecular weight excluding hydrogens is 288 g/mol. The van der Waals surface area contributed by atoms with E-state index in [0.29, 0.717) is 18.0 Å². The molecule has 0 aliphatic heterocycles. The maximum atomic E-state index is 12.1. The number of hydrogen-bond acceptors (Lipinski definition) is 3. The zero-order chi connectivity index (χ0) is 16.7. The summed E-state index contributed by atoms with van der Waals surface area (Å²) >= 11 is 0. The number of nitrogens with one attached hydrogen (secondary N) is 2. The van der Waals surface area contributed by atoms with Crippen molar-refractivity contribution in [2.45, 2.75) is 13.8 Å². The summed E-state index contributed by atoms with van der Waals surface area (Å²) in [5.41, 5.74) is 3.99. The van der Waals surface area contributed by atoms with Crippen LogP contribution < -0.4 is 15.4 Å². The van der Waals surface area contributed by atoms with Crippen molar-refractivity contribution in [3.8, 4) is 5.75 Å². The number of aryl methyl sites for hydroxylation is 2. The number of benzene rings is 2. The van der Waals surface area contributed by atoms with Crippen LogP contribution in [0.2, 0.25) is 0 Å². The monoisotopic (exact) mass is 310 g/mol. The summed E-state index contributed by atoms with van der Waals surface area (Å²) < 4.78 is 5.45. The molecule has 0 atom stereocenters. The minimum atomic E-state index is -0.106. The number of carbonyl (C=O) groups excluding carboxylic acids is 1. The number of carbonyl (C=O) groups is 1. The lowest BCUT2D eigenvalue weighted by atomic mass is 10.1. The predicted octanol–water partition coefficient (Wildman–Crippen LogP) is 3.92. The number of hydrogen-bond donors (Lipinski definition) is 2. The molecule has 0 aromatic heterocycles. The fourth-order valence-electron chi connectivity index (χ4n) is 2.28. The molecule has 0 saturated carbocycles. The molecule has 2 rings (SSSR count). The lowest BCUT2D eigenvalue weighted by Crippen LogP contribution is -2.21. The van der Waals surface area contributed by atoms with Crippen LogP contribution in [0, 0.1) is 13.8 Å². The lowest BCUT2D eigenvalue weighted by molar-refractivity contribution is -0.114. The van der Waals surface area contributed by atoms with Gasteiger partial charge in [0, 0.05) is 17.4 Å². The first kappa shape index (κ1) is 16.6. The summed E-state index contributed by atoms with van der Waals surface area (Å²) in [5, 5.41) is 5.99. The van der Waals surface area contributed by atoms with Gasteiger partial charge in [-0.15, -0.1) is 0 Å². The second-order valence-corrected chi connectivity index (χ2v) is 5.41. The average molecular weight is 310 g/mol. The Hall–Kier alpha value is -2.75.